The zero-order chi connectivity index (χ0) is 17.1. The summed E-state index contributed by atoms with van der Waals surface area (Å²) in [6.07, 6.45) is 0.305. The van der Waals surface area contributed by atoms with Crippen LogP contribution in [0.25, 0.3) is 10.4 Å². The fourth-order valence-corrected chi connectivity index (χ4v) is 3.80. The second-order valence-corrected chi connectivity index (χ2v) is 7.55. The number of likely N-dealkylation sites (tertiary alicyclic amines) is 1. The van der Waals surface area contributed by atoms with Gasteiger partial charge in [0.1, 0.15) is 0 Å². The number of thiophene rings is 1. The van der Waals surface area contributed by atoms with Gasteiger partial charge in [-0.2, -0.15) is 0 Å². The Bertz CT molecular complexity index is 725. The first-order chi connectivity index (χ1) is 11.5. The van der Waals surface area contributed by atoms with E-state index in [0.29, 0.717) is 25.4 Å². The monoisotopic (exact) mass is 342 g/mol. The summed E-state index contributed by atoms with van der Waals surface area (Å²) in [5.74, 6) is 0.150. The van der Waals surface area contributed by atoms with Crippen LogP contribution in [0.5, 0.6) is 0 Å². The second-order valence-electron chi connectivity index (χ2n) is 6.61. The molecule has 4 nitrogen and oxygen atoms in total. The van der Waals surface area contributed by atoms with Crippen LogP contribution in [0.3, 0.4) is 0 Å². The summed E-state index contributed by atoms with van der Waals surface area (Å²) >= 11 is 1.64. The van der Waals surface area contributed by atoms with Crippen molar-refractivity contribution in [2.45, 2.75) is 20.3 Å². The van der Waals surface area contributed by atoms with Crippen molar-refractivity contribution in [1.29, 1.82) is 0 Å². The van der Waals surface area contributed by atoms with Crippen LogP contribution in [0.2, 0.25) is 0 Å². The Morgan fingerprint density at radius 1 is 1.29 bits per heavy atom. The van der Waals surface area contributed by atoms with Crippen molar-refractivity contribution in [3.05, 3.63) is 41.8 Å². The summed E-state index contributed by atoms with van der Waals surface area (Å²) in [4.78, 5) is 27.6. The van der Waals surface area contributed by atoms with Crippen molar-refractivity contribution in [2.24, 2.45) is 11.8 Å². The summed E-state index contributed by atoms with van der Waals surface area (Å²) in [5, 5.41) is 5.05. The highest BCUT2D eigenvalue weighted by atomic mass is 32.1. The molecule has 1 atom stereocenters. The molecular weight excluding hydrogens is 320 g/mol. The molecule has 2 heterocycles. The molecule has 24 heavy (non-hydrogen) atoms. The number of benzene rings is 1. The number of nitrogens with zero attached hydrogens (tertiary/aromatic N) is 1. The minimum Gasteiger partial charge on any atom is -0.342 e. The molecule has 5 heteroatoms. The number of amides is 2. The van der Waals surface area contributed by atoms with Crippen LogP contribution in [0.1, 0.15) is 20.3 Å². The van der Waals surface area contributed by atoms with E-state index in [1.54, 1.807) is 16.2 Å². The number of hydrogen-bond donors (Lipinski definition) is 1. The summed E-state index contributed by atoms with van der Waals surface area (Å²) in [6, 6.07) is 11.8. The molecule has 0 spiro atoms. The smallest absolute Gasteiger partial charge is 0.229 e. The van der Waals surface area contributed by atoms with E-state index in [1.165, 1.54) is 0 Å². The third-order valence-corrected chi connectivity index (χ3v) is 5.05. The van der Waals surface area contributed by atoms with E-state index in [2.05, 4.69) is 19.2 Å². The molecule has 1 saturated heterocycles. The van der Waals surface area contributed by atoms with E-state index in [0.717, 1.165) is 16.1 Å². The van der Waals surface area contributed by atoms with Gasteiger partial charge in [0.05, 0.1) is 5.92 Å². The topological polar surface area (TPSA) is 49.4 Å². The highest BCUT2D eigenvalue weighted by Gasteiger charge is 2.34. The van der Waals surface area contributed by atoms with Gasteiger partial charge in [-0.1, -0.05) is 38.1 Å². The number of anilines is 1. The quantitative estimate of drug-likeness (QED) is 0.897. The van der Waals surface area contributed by atoms with Gasteiger partial charge in [-0.15, -0.1) is 11.3 Å². The zero-order valence-electron chi connectivity index (χ0n) is 14.0. The van der Waals surface area contributed by atoms with Crippen LogP contribution < -0.4 is 5.32 Å². The largest absolute Gasteiger partial charge is 0.342 e. The second kappa shape index (κ2) is 7.18. The van der Waals surface area contributed by atoms with Crippen LogP contribution in [0, 0.1) is 11.8 Å². The number of para-hydroxylation sites is 1. The number of carbonyl (C=O) groups is 2. The Labute approximate surface area is 146 Å². The van der Waals surface area contributed by atoms with Gasteiger partial charge in [0.2, 0.25) is 11.8 Å². The first-order valence-electron chi connectivity index (χ1n) is 8.26. The van der Waals surface area contributed by atoms with Crippen LogP contribution in [-0.2, 0) is 9.59 Å². The van der Waals surface area contributed by atoms with Gasteiger partial charge in [0.15, 0.2) is 0 Å². The molecule has 0 aliphatic carbocycles. The molecule has 0 saturated carbocycles. The Morgan fingerprint density at radius 2 is 2.08 bits per heavy atom. The first-order valence-corrected chi connectivity index (χ1v) is 9.14. The van der Waals surface area contributed by atoms with Crippen molar-refractivity contribution in [1.82, 2.24) is 4.90 Å². The molecular formula is C19H22N2O2S. The number of rotatable bonds is 5. The molecule has 2 amide bonds. The van der Waals surface area contributed by atoms with E-state index in [1.807, 2.05) is 41.8 Å². The molecule has 1 fully saturated rings. The van der Waals surface area contributed by atoms with Crippen molar-refractivity contribution in [3.63, 3.8) is 0 Å². The van der Waals surface area contributed by atoms with Crippen LogP contribution in [0.4, 0.5) is 5.69 Å². The lowest BCUT2D eigenvalue weighted by Crippen LogP contribution is -2.31. The Hall–Kier alpha value is -2.14. The van der Waals surface area contributed by atoms with Crippen molar-refractivity contribution in [2.75, 3.05) is 18.4 Å². The lowest BCUT2D eigenvalue weighted by Gasteiger charge is -2.19. The summed E-state index contributed by atoms with van der Waals surface area (Å²) < 4.78 is 0. The van der Waals surface area contributed by atoms with Gasteiger partial charge >= 0.3 is 0 Å². The molecule has 1 aliphatic heterocycles. The number of carbonyl (C=O) groups excluding carboxylic acids is 2. The Balaban J connectivity index is 1.71. The molecule has 0 unspecified atom stereocenters. The van der Waals surface area contributed by atoms with Crippen molar-refractivity contribution in [3.8, 4) is 10.4 Å². The SMILES string of the molecule is CC(C)CN1C[C@@H](C(=O)Nc2ccccc2-c2cccs2)CC1=O. The van der Waals surface area contributed by atoms with E-state index in [4.69, 9.17) is 0 Å². The molecule has 2 aromatic rings. The van der Waals surface area contributed by atoms with Crippen molar-refractivity contribution < 1.29 is 9.59 Å². The van der Waals surface area contributed by atoms with Crippen LogP contribution >= 0.6 is 11.3 Å². The van der Waals surface area contributed by atoms with Gasteiger partial charge in [-0.25, -0.2) is 0 Å². The molecule has 1 aromatic heterocycles. The standard InChI is InChI=1S/C19H22N2O2S/c1-13(2)11-21-12-14(10-18(21)22)19(23)20-16-7-4-3-6-15(16)17-8-5-9-24-17/h3-9,13-14H,10-12H2,1-2H3,(H,20,23)/t14-/m0/s1. The third-order valence-electron chi connectivity index (χ3n) is 4.14. The van der Waals surface area contributed by atoms with Gasteiger partial charge in [0, 0.05) is 35.6 Å². The molecule has 1 aromatic carbocycles. The molecule has 0 bridgehead atoms. The fraction of sp³-hybridized carbons (Fsp3) is 0.368. The lowest BCUT2D eigenvalue weighted by atomic mass is 10.1. The van der Waals surface area contributed by atoms with Crippen molar-refractivity contribution >= 4 is 28.8 Å². The molecule has 1 N–H and O–H groups in total. The van der Waals surface area contributed by atoms with Crippen LogP contribution in [-0.4, -0.2) is 29.8 Å². The van der Waals surface area contributed by atoms with Gasteiger partial charge < -0.3 is 10.2 Å². The predicted octanol–water partition coefficient (Wildman–Crippen LogP) is 3.86. The maximum atomic E-state index is 12.6. The molecule has 126 valence electrons. The fourth-order valence-electron chi connectivity index (χ4n) is 3.04. The average molecular weight is 342 g/mol. The minimum atomic E-state index is -0.271. The molecule has 1 aliphatic rings. The first kappa shape index (κ1) is 16.7. The van der Waals surface area contributed by atoms with Gasteiger partial charge in [-0.3, -0.25) is 9.59 Å². The summed E-state index contributed by atoms with van der Waals surface area (Å²) in [5.41, 5.74) is 1.82. The maximum absolute atomic E-state index is 12.6. The van der Waals surface area contributed by atoms with E-state index in [9.17, 15) is 9.59 Å². The maximum Gasteiger partial charge on any atom is 0.229 e. The summed E-state index contributed by atoms with van der Waals surface area (Å²) in [7, 11) is 0. The van der Waals surface area contributed by atoms with E-state index < -0.39 is 0 Å². The predicted molar refractivity (Wildman–Crippen MR) is 97.9 cm³/mol. The average Bonchev–Trinajstić information content (AvgIpc) is 3.18. The van der Waals surface area contributed by atoms with E-state index in [-0.39, 0.29) is 17.7 Å². The minimum absolute atomic E-state index is 0.0707. The van der Waals surface area contributed by atoms with Gasteiger partial charge in [-0.05, 0) is 23.4 Å². The Morgan fingerprint density at radius 3 is 2.79 bits per heavy atom. The van der Waals surface area contributed by atoms with Crippen LogP contribution in [0.15, 0.2) is 41.8 Å². The summed E-state index contributed by atoms with van der Waals surface area (Å²) in [6.45, 7) is 5.40. The molecule has 3 rings (SSSR count). The van der Waals surface area contributed by atoms with E-state index >= 15 is 0 Å². The lowest BCUT2D eigenvalue weighted by molar-refractivity contribution is -0.128. The van der Waals surface area contributed by atoms with Gasteiger partial charge in [0.25, 0.3) is 0 Å². The number of nitrogens with one attached hydrogen (secondary N) is 1. The Kier molecular flexibility index (Phi) is 5.00. The highest BCUT2D eigenvalue weighted by Crippen LogP contribution is 2.32. The number of hydrogen-bond acceptors (Lipinski definition) is 3. The normalized spacial score (nSPS) is 17.5. The highest BCUT2D eigenvalue weighted by molar-refractivity contribution is 7.13. The third kappa shape index (κ3) is 3.67. The zero-order valence-corrected chi connectivity index (χ0v) is 14.8. The molecule has 0 radical (unpaired) electrons.